The van der Waals surface area contributed by atoms with Gasteiger partial charge in [-0.1, -0.05) is 22.0 Å². The van der Waals surface area contributed by atoms with Gasteiger partial charge in [-0.15, -0.1) is 0 Å². The lowest BCUT2D eigenvalue weighted by atomic mass is 10.2. The number of nitrogens with zero attached hydrogens (tertiary/aromatic N) is 2. The molecule has 1 aromatic carbocycles. The Hall–Kier alpha value is -0.810. The third-order valence-electron chi connectivity index (χ3n) is 2.06. The van der Waals surface area contributed by atoms with E-state index in [0.717, 1.165) is 21.3 Å². The first kappa shape index (κ1) is 11.7. The molecule has 0 unspecified atom stereocenters. The Morgan fingerprint density at radius 2 is 2.25 bits per heavy atom. The Labute approximate surface area is 111 Å². The number of halogens is 2. The lowest BCUT2D eigenvalue weighted by Crippen LogP contribution is -1.86. The Morgan fingerprint density at radius 3 is 2.81 bits per heavy atom. The van der Waals surface area contributed by atoms with Crippen molar-refractivity contribution >= 4 is 31.9 Å². The molecular formula is C11H10Br2N2O. The maximum atomic E-state index is 5.68. The molecule has 0 radical (unpaired) electrons. The second-order valence-electron chi connectivity index (χ2n) is 3.35. The highest BCUT2D eigenvalue weighted by atomic mass is 79.9. The van der Waals surface area contributed by atoms with Gasteiger partial charge < -0.3 is 4.74 Å². The van der Waals surface area contributed by atoms with Gasteiger partial charge in [-0.3, -0.25) is 4.68 Å². The van der Waals surface area contributed by atoms with Crippen LogP contribution in [0.5, 0.6) is 11.5 Å². The molecule has 0 spiro atoms. The molecule has 0 saturated carbocycles. The largest absolute Gasteiger partial charge is 0.453 e. The lowest BCUT2D eigenvalue weighted by molar-refractivity contribution is 0.479. The van der Waals surface area contributed by atoms with Crippen LogP contribution in [0.25, 0.3) is 0 Å². The third-order valence-corrected chi connectivity index (χ3v) is 3.33. The Bertz CT molecular complexity index is 496. The summed E-state index contributed by atoms with van der Waals surface area (Å²) < 4.78 is 8.33. The number of ether oxygens (including phenoxy) is 1. The Kier molecular flexibility index (Phi) is 3.66. The summed E-state index contributed by atoms with van der Waals surface area (Å²) in [6.07, 6.45) is 3.51. The molecule has 0 aliphatic heterocycles. The van der Waals surface area contributed by atoms with Crippen molar-refractivity contribution in [2.75, 3.05) is 0 Å². The van der Waals surface area contributed by atoms with Gasteiger partial charge in [0.2, 0.25) is 0 Å². The molecule has 0 bridgehead atoms. The van der Waals surface area contributed by atoms with E-state index < -0.39 is 0 Å². The summed E-state index contributed by atoms with van der Waals surface area (Å²) in [7, 11) is 1.86. The zero-order valence-corrected chi connectivity index (χ0v) is 11.8. The minimum absolute atomic E-state index is 0.731. The van der Waals surface area contributed by atoms with Crippen LogP contribution in [0.1, 0.15) is 5.56 Å². The fourth-order valence-electron chi connectivity index (χ4n) is 1.29. The summed E-state index contributed by atoms with van der Waals surface area (Å²) >= 11 is 6.89. The van der Waals surface area contributed by atoms with Crippen LogP contribution in [0.4, 0.5) is 0 Å². The summed E-state index contributed by atoms with van der Waals surface area (Å²) in [6, 6.07) is 5.99. The molecule has 16 heavy (non-hydrogen) atoms. The van der Waals surface area contributed by atoms with Gasteiger partial charge in [-0.05, 0) is 33.6 Å². The van der Waals surface area contributed by atoms with Crippen molar-refractivity contribution in [1.29, 1.82) is 0 Å². The fraction of sp³-hybridized carbons (Fsp3) is 0.182. The smallest absolute Gasteiger partial charge is 0.165 e. The van der Waals surface area contributed by atoms with Gasteiger partial charge in [0, 0.05) is 12.4 Å². The van der Waals surface area contributed by atoms with Gasteiger partial charge in [0.1, 0.15) is 5.75 Å². The molecule has 0 fully saturated rings. The average Bonchev–Trinajstić information content (AvgIpc) is 2.67. The molecule has 0 N–H and O–H groups in total. The lowest BCUT2D eigenvalue weighted by Gasteiger charge is -2.06. The molecule has 1 aromatic heterocycles. The van der Waals surface area contributed by atoms with Gasteiger partial charge in [0.05, 0.1) is 16.9 Å². The summed E-state index contributed by atoms with van der Waals surface area (Å²) in [5.41, 5.74) is 1.20. The first-order valence-corrected chi connectivity index (χ1v) is 6.61. The van der Waals surface area contributed by atoms with E-state index in [1.807, 2.05) is 31.4 Å². The van der Waals surface area contributed by atoms with E-state index in [1.54, 1.807) is 10.9 Å². The molecule has 0 atom stereocenters. The molecular weight excluding hydrogens is 336 g/mol. The highest BCUT2D eigenvalue weighted by Gasteiger charge is 2.05. The Balaban J connectivity index is 2.21. The molecule has 2 aromatic rings. The number of alkyl halides is 1. The zero-order chi connectivity index (χ0) is 11.5. The minimum atomic E-state index is 0.731. The summed E-state index contributed by atoms with van der Waals surface area (Å²) in [6.45, 7) is 0. The summed E-state index contributed by atoms with van der Waals surface area (Å²) in [5, 5.41) is 4.88. The normalized spacial score (nSPS) is 10.4. The van der Waals surface area contributed by atoms with E-state index in [4.69, 9.17) is 4.74 Å². The predicted molar refractivity (Wildman–Crippen MR) is 70.1 cm³/mol. The van der Waals surface area contributed by atoms with Crippen molar-refractivity contribution in [1.82, 2.24) is 9.78 Å². The van der Waals surface area contributed by atoms with Gasteiger partial charge >= 0.3 is 0 Å². The molecule has 2 rings (SSSR count). The first-order valence-electron chi connectivity index (χ1n) is 4.70. The van der Waals surface area contributed by atoms with Crippen LogP contribution in [0.2, 0.25) is 0 Å². The van der Waals surface area contributed by atoms with Crippen LogP contribution in [0.15, 0.2) is 35.1 Å². The summed E-state index contributed by atoms with van der Waals surface area (Å²) in [5.74, 6) is 1.52. The molecule has 0 aliphatic carbocycles. The average molecular weight is 346 g/mol. The van der Waals surface area contributed by atoms with Crippen molar-refractivity contribution < 1.29 is 4.74 Å². The van der Waals surface area contributed by atoms with E-state index in [0.29, 0.717) is 0 Å². The maximum Gasteiger partial charge on any atom is 0.165 e. The molecule has 3 nitrogen and oxygen atoms in total. The van der Waals surface area contributed by atoms with Gasteiger partial charge in [0.15, 0.2) is 5.75 Å². The van der Waals surface area contributed by atoms with Crippen molar-refractivity contribution in [2.24, 2.45) is 7.05 Å². The molecule has 0 saturated heterocycles. The van der Waals surface area contributed by atoms with E-state index >= 15 is 0 Å². The Morgan fingerprint density at radius 1 is 1.44 bits per heavy atom. The fourth-order valence-corrected chi connectivity index (χ4v) is 2.14. The van der Waals surface area contributed by atoms with Crippen LogP contribution in [0, 0.1) is 0 Å². The number of rotatable bonds is 3. The first-order chi connectivity index (χ1) is 7.69. The number of aromatic nitrogens is 2. The van der Waals surface area contributed by atoms with Crippen LogP contribution < -0.4 is 4.74 Å². The second kappa shape index (κ2) is 5.01. The monoisotopic (exact) mass is 344 g/mol. The zero-order valence-electron chi connectivity index (χ0n) is 8.65. The SMILES string of the molecule is Cn1cc(Oc2ccc(CBr)cc2Br)cn1. The van der Waals surface area contributed by atoms with E-state index in [1.165, 1.54) is 5.56 Å². The molecule has 1 heterocycles. The van der Waals surface area contributed by atoms with Crippen LogP contribution in [-0.4, -0.2) is 9.78 Å². The maximum absolute atomic E-state index is 5.68. The topological polar surface area (TPSA) is 27.1 Å². The number of hydrogen-bond donors (Lipinski definition) is 0. The van der Waals surface area contributed by atoms with Crippen LogP contribution in [0.3, 0.4) is 0 Å². The standard InChI is InChI=1S/C11H10Br2N2O/c1-15-7-9(6-14-15)16-11-3-2-8(5-12)4-10(11)13/h2-4,6-7H,5H2,1H3. The van der Waals surface area contributed by atoms with Crippen molar-refractivity contribution in [3.8, 4) is 11.5 Å². The van der Waals surface area contributed by atoms with Crippen molar-refractivity contribution in [3.05, 3.63) is 40.6 Å². The molecule has 0 amide bonds. The highest BCUT2D eigenvalue weighted by molar-refractivity contribution is 9.10. The quantitative estimate of drug-likeness (QED) is 0.789. The number of hydrogen-bond acceptors (Lipinski definition) is 2. The van der Waals surface area contributed by atoms with E-state index in [9.17, 15) is 0 Å². The second-order valence-corrected chi connectivity index (χ2v) is 4.77. The highest BCUT2D eigenvalue weighted by Crippen LogP contribution is 2.30. The van der Waals surface area contributed by atoms with Gasteiger partial charge in [-0.2, -0.15) is 5.10 Å². The molecule has 0 aliphatic rings. The summed E-state index contributed by atoms with van der Waals surface area (Å²) in [4.78, 5) is 0. The minimum Gasteiger partial charge on any atom is -0.453 e. The third kappa shape index (κ3) is 2.65. The number of benzene rings is 1. The van der Waals surface area contributed by atoms with Crippen LogP contribution >= 0.6 is 31.9 Å². The van der Waals surface area contributed by atoms with Gasteiger partial charge in [-0.25, -0.2) is 0 Å². The predicted octanol–water partition coefficient (Wildman–Crippen LogP) is 3.87. The van der Waals surface area contributed by atoms with Crippen molar-refractivity contribution in [3.63, 3.8) is 0 Å². The van der Waals surface area contributed by atoms with Crippen molar-refractivity contribution in [2.45, 2.75) is 5.33 Å². The van der Waals surface area contributed by atoms with Gasteiger partial charge in [0.25, 0.3) is 0 Å². The van der Waals surface area contributed by atoms with Crippen LogP contribution in [-0.2, 0) is 12.4 Å². The van der Waals surface area contributed by atoms with E-state index in [2.05, 4.69) is 37.0 Å². The molecule has 84 valence electrons. The van der Waals surface area contributed by atoms with E-state index in [-0.39, 0.29) is 0 Å². The number of aryl methyl sites for hydroxylation is 1. The molecule has 5 heteroatoms.